The number of hydrogen-bond donors (Lipinski definition) is 2. The van der Waals surface area contributed by atoms with Crippen molar-refractivity contribution in [2.24, 2.45) is 5.73 Å². The van der Waals surface area contributed by atoms with Crippen molar-refractivity contribution in [3.8, 4) is 0 Å². The molecule has 0 aromatic heterocycles. The molecule has 1 radical (unpaired) electrons. The number of fused-ring (bicyclic) bond motifs is 1. The highest BCUT2D eigenvalue weighted by atomic mass is 16.3. The molecule has 0 amide bonds. The molecule has 0 spiro atoms. The van der Waals surface area contributed by atoms with E-state index in [0.29, 0.717) is 0 Å². The van der Waals surface area contributed by atoms with Crippen molar-refractivity contribution in [1.29, 1.82) is 0 Å². The standard InChI is InChI=1S/C13H19BNO/c1-9-3-4-12(14-2)10-5-6-13(15,8-16)7-11(9)10/h3-4,16H,5-8,15H2,1-2H3. The van der Waals surface area contributed by atoms with Gasteiger partial charge < -0.3 is 10.8 Å². The second-order valence-corrected chi connectivity index (χ2v) is 4.91. The van der Waals surface area contributed by atoms with Crippen molar-refractivity contribution in [2.75, 3.05) is 6.61 Å². The molecule has 1 atom stereocenters. The van der Waals surface area contributed by atoms with Crippen LogP contribution in [0.25, 0.3) is 0 Å². The molecule has 0 bridgehead atoms. The fourth-order valence-corrected chi connectivity index (χ4v) is 2.59. The predicted octanol–water partition coefficient (Wildman–Crippen LogP) is 0.551. The van der Waals surface area contributed by atoms with Crippen LogP contribution in [-0.2, 0) is 12.8 Å². The Labute approximate surface area is 98.1 Å². The van der Waals surface area contributed by atoms with Gasteiger partial charge >= 0.3 is 0 Å². The van der Waals surface area contributed by atoms with Crippen LogP contribution >= 0.6 is 0 Å². The summed E-state index contributed by atoms with van der Waals surface area (Å²) in [6.07, 6.45) is 2.65. The van der Waals surface area contributed by atoms with Crippen LogP contribution < -0.4 is 11.2 Å². The number of hydrogen-bond acceptors (Lipinski definition) is 2. The van der Waals surface area contributed by atoms with E-state index in [2.05, 4.69) is 33.2 Å². The maximum absolute atomic E-state index is 9.36. The number of benzene rings is 1. The molecule has 1 aromatic rings. The Morgan fingerprint density at radius 1 is 1.44 bits per heavy atom. The number of rotatable bonds is 2. The van der Waals surface area contributed by atoms with Crippen molar-refractivity contribution in [3.05, 3.63) is 28.8 Å². The Bertz CT molecular complexity index is 405. The van der Waals surface area contributed by atoms with E-state index in [0.717, 1.165) is 19.3 Å². The number of nitrogens with two attached hydrogens (primary N) is 1. The lowest BCUT2D eigenvalue weighted by Crippen LogP contribution is -2.49. The van der Waals surface area contributed by atoms with E-state index in [-0.39, 0.29) is 6.61 Å². The molecule has 0 fully saturated rings. The highest BCUT2D eigenvalue weighted by molar-refractivity contribution is 6.52. The second kappa shape index (κ2) is 4.23. The summed E-state index contributed by atoms with van der Waals surface area (Å²) < 4.78 is 0. The lowest BCUT2D eigenvalue weighted by Gasteiger charge is -2.35. The molecule has 2 rings (SSSR count). The fourth-order valence-electron chi connectivity index (χ4n) is 2.59. The molecule has 0 aliphatic heterocycles. The van der Waals surface area contributed by atoms with Gasteiger partial charge in [-0.05, 0) is 37.3 Å². The third-order valence-corrected chi connectivity index (χ3v) is 3.73. The zero-order valence-electron chi connectivity index (χ0n) is 10.1. The van der Waals surface area contributed by atoms with Crippen LogP contribution in [0.2, 0.25) is 6.82 Å². The third kappa shape index (κ3) is 1.90. The van der Waals surface area contributed by atoms with E-state index < -0.39 is 5.54 Å². The van der Waals surface area contributed by atoms with Gasteiger partial charge in [0, 0.05) is 5.54 Å². The van der Waals surface area contributed by atoms with E-state index >= 15 is 0 Å². The van der Waals surface area contributed by atoms with Crippen LogP contribution in [0, 0.1) is 6.92 Å². The van der Waals surface area contributed by atoms with Crippen molar-refractivity contribution < 1.29 is 5.11 Å². The first-order valence-electron chi connectivity index (χ1n) is 5.90. The van der Waals surface area contributed by atoms with Crippen molar-refractivity contribution in [2.45, 2.75) is 38.5 Å². The van der Waals surface area contributed by atoms with Gasteiger partial charge in [-0.1, -0.05) is 30.0 Å². The minimum atomic E-state index is -0.413. The zero-order chi connectivity index (χ0) is 11.8. The van der Waals surface area contributed by atoms with E-state index in [1.165, 1.54) is 22.2 Å². The summed E-state index contributed by atoms with van der Waals surface area (Å²) in [5.41, 5.74) is 11.1. The molecule has 3 heteroatoms. The Hall–Kier alpha value is -0.795. The molecule has 1 unspecified atom stereocenters. The summed E-state index contributed by atoms with van der Waals surface area (Å²) in [4.78, 5) is 0. The first-order chi connectivity index (χ1) is 7.59. The molecule has 0 heterocycles. The normalized spacial score (nSPS) is 24.0. The van der Waals surface area contributed by atoms with Crippen LogP contribution in [0.15, 0.2) is 12.1 Å². The molecule has 0 saturated heterocycles. The maximum atomic E-state index is 9.36. The van der Waals surface area contributed by atoms with Gasteiger partial charge in [-0.3, -0.25) is 0 Å². The van der Waals surface area contributed by atoms with Gasteiger partial charge in [0.2, 0.25) is 0 Å². The summed E-state index contributed by atoms with van der Waals surface area (Å²) in [6, 6.07) is 4.33. The van der Waals surface area contributed by atoms with Gasteiger partial charge in [0.25, 0.3) is 0 Å². The van der Waals surface area contributed by atoms with E-state index in [9.17, 15) is 5.11 Å². The highest BCUT2D eigenvalue weighted by Gasteiger charge is 2.31. The van der Waals surface area contributed by atoms with Crippen molar-refractivity contribution in [3.63, 3.8) is 0 Å². The van der Waals surface area contributed by atoms with E-state index in [1.807, 2.05) is 0 Å². The molecule has 85 valence electrons. The summed E-state index contributed by atoms with van der Waals surface area (Å²) in [5.74, 6) is 0. The lowest BCUT2D eigenvalue weighted by atomic mass is 9.65. The minimum absolute atomic E-state index is 0.0753. The van der Waals surface area contributed by atoms with Crippen LogP contribution in [0.5, 0.6) is 0 Å². The Balaban J connectivity index is 2.45. The van der Waals surface area contributed by atoms with E-state index in [1.54, 1.807) is 0 Å². The first-order valence-corrected chi connectivity index (χ1v) is 5.90. The topological polar surface area (TPSA) is 46.2 Å². The number of aliphatic hydroxyl groups is 1. The van der Waals surface area contributed by atoms with Gasteiger partial charge in [0.1, 0.15) is 7.28 Å². The summed E-state index contributed by atoms with van der Waals surface area (Å²) in [6.45, 7) is 4.27. The van der Waals surface area contributed by atoms with Gasteiger partial charge in [-0.15, -0.1) is 0 Å². The van der Waals surface area contributed by atoms with Gasteiger partial charge in [-0.25, -0.2) is 0 Å². The molecule has 1 aliphatic carbocycles. The van der Waals surface area contributed by atoms with Crippen LogP contribution in [0.3, 0.4) is 0 Å². The molecule has 3 N–H and O–H groups in total. The highest BCUT2D eigenvalue weighted by Crippen LogP contribution is 2.28. The SMILES string of the molecule is C[B]c1ccc(C)c2c1CCC(N)(CO)C2. The monoisotopic (exact) mass is 216 g/mol. The number of aryl methyl sites for hydroxylation is 1. The molecule has 1 aromatic carbocycles. The molecular formula is C13H19BNO. The predicted molar refractivity (Wildman–Crippen MR) is 68.5 cm³/mol. The van der Waals surface area contributed by atoms with Crippen LogP contribution in [-0.4, -0.2) is 24.5 Å². The molecule has 0 saturated carbocycles. The molecule has 2 nitrogen and oxygen atoms in total. The third-order valence-electron chi connectivity index (χ3n) is 3.73. The summed E-state index contributed by atoms with van der Waals surface area (Å²) in [7, 11) is 2.15. The average Bonchev–Trinajstić information content (AvgIpc) is 2.30. The molecule has 1 aliphatic rings. The summed E-state index contributed by atoms with van der Waals surface area (Å²) >= 11 is 0. The Morgan fingerprint density at radius 3 is 2.81 bits per heavy atom. The van der Waals surface area contributed by atoms with Crippen molar-refractivity contribution >= 4 is 12.7 Å². The Kier molecular flexibility index (Phi) is 3.09. The van der Waals surface area contributed by atoms with Crippen LogP contribution in [0.4, 0.5) is 0 Å². The second-order valence-electron chi connectivity index (χ2n) is 4.91. The van der Waals surface area contributed by atoms with E-state index in [4.69, 9.17) is 5.73 Å². The summed E-state index contributed by atoms with van der Waals surface area (Å²) in [5, 5.41) is 9.36. The minimum Gasteiger partial charge on any atom is -0.394 e. The number of aliphatic hydroxyl groups excluding tert-OH is 1. The lowest BCUT2D eigenvalue weighted by molar-refractivity contribution is 0.181. The smallest absolute Gasteiger partial charge is 0.148 e. The quantitative estimate of drug-likeness (QED) is 0.709. The maximum Gasteiger partial charge on any atom is 0.148 e. The fraction of sp³-hybridized carbons (Fsp3) is 0.538. The zero-order valence-corrected chi connectivity index (χ0v) is 10.1. The molecule has 16 heavy (non-hydrogen) atoms. The average molecular weight is 216 g/mol. The van der Waals surface area contributed by atoms with Crippen molar-refractivity contribution in [1.82, 2.24) is 0 Å². The van der Waals surface area contributed by atoms with Gasteiger partial charge in [0.05, 0.1) is 6.61 Å². The molecular weight excluding hydrogens is 197 g/mol. The Morgan fingerprint density at radius 2 is 2.19 bits per heavy atom. The van der Waals surface area contributed by atoms with Crippen LogP contribution in [0.1, 0.15) is 23.1 Å². The van der Waals surface area contributed by atoms with Gasteiger partial charge in [-0.2, -0.15) is 0 Å². The largest absolute Gasteiger partial charge is 0.394 e. The first kappa shape index (κ1) is 11.7. The van der Waals surface area contributed by atoms with Gasteiger partial charge in [0.15, 0.2) is 0 Å².